The molecule has 1 N–H and O–H groups in total. The molecule has 5 nitrogen and oxygen atoms in total. The highest BCUT2D eigenvalue weighted by atomic mass is 19.4. The predicted octanol–water partition coefficient (Wildman–Crippen LogP) is 3.34. The van der Waals surface area contributed by atoms with Gasteiger partial charge in [0.2, 0.25) is 0 Å². The number of hydrogen-bond acceptors (Lipinski definition) is 3. The van der Waals surface area contributed by atoms with Crippen molar-refractivity contribution in [3.8, 4) is 0 Å². The Morgan fingerprint density at radius 2 is 1.92 bits per heavy atom. The summed E-state index contributed by atoms with van der Waals surface area (Å²) in [5.74, 6) is -0.287. The van der Waals surface area contributed by atoms with E-state index in [1.165, 1.54) is 0 Å². The van der Waals surface area contributed by atoms with E-state index in [9.17, 15) is 18.0 Å². The van der Waals surface area contributed by atoms with Crippen LogP contribution in [0.15, 0.2) is 54.9 Å². The van der Waals surface area contributed by atoms with Crippen molar-refractivity contribution in [1.29, 1.82) is 0 Å². The summed E-state index contributed by atoms with van der Waals surface area (Å²) in [6.45, 7) is -1.19. The molecule has 1 amide bonds. The Hall–Kier alpha value is -2.87. The average Bonchev–Trinajstić information content (AvgIpc) is 3.02. The Bertz CT molecular complexity index is 856. The standard InChI is InChI=1S/C18H16F3N3O2/c19-18(20,21)12-26-11-13-4-6-14(7-5-13)17(25)22-9-15-10-24-8-2-1-3-16(24)23-15/h1-8,10H,9,11-12H2,(H,22,25). The van der Waals surface area contributed by atoms with Crippen LogP contribution in [0.3, 0.4) is 0 Å². The van der Waals surface area contributed by atoms with Crippen LogP contribution in [0.25, 0.3) is 5.65 Å². The van der Waals surface area contributed by atoms with Gasteiger partial charge < -0.3 is 14.5 Å². The fourth-order valence-corrected chi connectivity index (χ4v) is 2.38. The number of benzene rings is 1. The van der Waals surface area contributed by atoms with Gasteiger partial charge in [-0.3, -0.25) is 4.79 Å². The van der Waals surface area contributed by atoms with Gasteiger partial charge in [0.1, 0.15) is 12.3 Å². The summed E-state index contributed by atoms with van der Waals surface area (Å²) in [6, 6.07) is 11.9. The molecule has 8 heteroatoms. The minimum absolute atomic E-state index is 0.164. The predicted molar refractivity (Wildman–Crippen MR) is 88.5 cm³/mol. The first kappa shape index (κ1) is 17.9. The normalized spacial score (nSPS) is 11.7. The molecule has 3 rings (SSSR count). The smallest absolute Gasteiger partial charge is 0.367 e. The lowest BCUT2D eigenvalue weighted by Gasteiger charge is -2.08. The minimum atomic E-state index is -4.35. The number of carbonyl (C=O) groups excluding carboxylic acids is 1. The average molecular weight is 363 g/mol. The molecule has 26 heavy (non-hydrogen) atoms. The number of imidazole rings is 1. The maximum Gasteiger partial charge on any atom is 0.411 e. The van der Waals surface area contributed by atoms with Crippen molar-refractivity contribution in [2.75, 3.05) is 6.61 Å². The second-order valence-corrected chi connectivity index (χ2v) is 5.69. The SMILES string of the molecule is O=C(NCc1cn2ccccc2n1)c1ccc(COCC(F)(F)F)cc1. The Balaban J connectivity index is 1.52. The van der Waals surface area contributed by atoms with Crippen molar-refractivity contribution in [1.82, 2.24) is 14.7 Å². The fourth-order valence-electron chi connectivity index (χ4n) is 2.38. The highest BCUT2D eigenvalue weighted by Gasteiger charge is 2.27. The zero-order valence-corrected chi connectivity index (χ0v) is 13.7. The van der Waals surface area contributed by atoms with Crippen LogP contribution in [0.1, 0.15) is 21.6 Å². The first-order valence-corrected chi connectivity index (χ1v) is 7.85. The molecule has 0 aliphatic rings. The molecule has 0 radical (unpaired) electrons. The molecule has 0 spiro atoms. The van der Waals surface area contributed by atoms with E-state index < -0.39 is 12.8 Å². The minimum Gasteiger partial charge on any atom is -0.367 e. The number of pyridine rings is 1. The number of ether oxygens (including phenoxy) is 1. The Kier molecular flexibility index (Phi) is 5.22. The van der Waals surface area contributed by atoms with Gasteiger partial charge >= 0.3 is 6.18 Å². The first-order chi connectivity index (χ1) is 12.4. The zero-order valence-electron chi connectivity index (χ0n) is 13.7. The fraction of sp³-hybridized carbons (Fsp3) is 0.222. The molecule has 0 aliphatic carbocycles. The molecule has 0 bridgehead atoms. The van der Waals surface area contributed by atoms with Crippen LogP contribution < -0.4 is 5.32 Å². The summed E-state index contributed by atoms with van der Waals surface area (Å²) < 4.78 is 42.6. The lowest BCUT2D eigenvalue weighted by molar-refractivity contribution is -0.176. The molecule has 2 aromatic heterocycles. The van der Waals surface area contributed by atoms with E-state index in [-0.39, 0.29) is 19.1 Å². The maximum atomic E-state index is 12.2. The Morgan fingerprint density at radius 3 is 2.62 bits per heavy atom. The first-order valence-electron chi connectivity index (χ1n) is 7.85. The number of carbonyl (C=O) groups is 1. The molecule has 2 heterocycles. The van der Waals surface area contributed by atoms with E-state index in [4.69, 9.17) is 0 Å². The summed E-state index contributed by atoms with van der Waals surface area (Å²) in [5, 5.41) is 2.76. The van der Waals surface area contributed by atoms with Gasteiger partial charge in [0.25, 0.3) is 5.91 Å². The quantitative estimate of drug-likeness (QED) is 0.731. The number of hydrogen-bond donors (Lipinski definition) is 1. The summed E-state index contributed by atoms with van der Waals surface area (Å²) in [7, 11) is 0. The summed E-state index contributed by atoms with van der Waals surface area (Å²) in [5.41, 5.74) is 2.49. The van der Waals surface area contributed by atoms with Crippen LogP contribution in [-0.2, 0) is 17.9 Å². The van der Waals surface area contributed by atoms with Crippen LogP contribution in [0.5, 0.6) is 0 Å². The molecular formula is C18H16F3N3O2. The highest BCUT2D eigenvalue weighted by molar-refractivity contribution is 5.94. The number of nitrogens with zero attached hydrogens (tertiary/aromatic N) is 2. The largest absolute Gasteiger partial charge is 0.411 e. The number of amides is 1. The van der Waals surface area contributed by atoms with E-state index in [0.717, 1.165) is 11.3 Å². The molecule has 0 aliphatic heterocycles. The van der Waals surface area contributed by atoms with E-state index in [0.29, 0.717) is 11.1 Å². The third-order valence-electron chi connectivity index (χ3n) is 3.59. The molecule has 0 unspecified atom stereocenters. The molecule has 0 saturated carbocycles. The van der Waals surface area contributed by atoms with Gasteiger partial charge in [0.15, 0.2) is 0 Å². The van der Waals surface area contributed by atoms with E-state index in [1.807, 2.05) is 35.0 Å². The lowest BCUT2D eigenvalue weighted by Crippen LogP contribution is -2.23. The van der Waals surface area contributed by atoms with Gasteiger partial charge in [-0.05, 0) is 29.8 Å². The second kappa shape index (κ2) is 7.57. The van der Waals surface area contributed by atoms with Gasteiger partial charge in [-0.1, -0.05) is 18.2 Å². The summed E-state index contributed by atoms with van der Waals surface area (Å²) in [6.07, 6.45) is -0.651. The molecular weight excluding hydrogens is 347 g/mol. The van der Waals surface area contributed by atoms with Gasteiger partial charge in [-0.15, -0.1) is 0 Å². The van der Waals surface area contributed by atoms with Crippen LogP contribution in [0.2, 0.25) is 0 Å². The van der Waals surface area contributed by atoms with Crippen molar-refractivity contribution < 1.29 is 22.7 Å². The molecule has 1 aromatic carbocycles. The van der Waals surface area contributed by atoms with Crippen LogP contribution >= 0.6 is 0 Å². The van der Waals surface area contributed by atoms with E-state index in [2.05, 4.69) is 15.0 Å². The second-order valence-electron chi connectivity index (χ2n) is 5.69. The van der Waals surface area contributed by atoms with Crippen molar-refractivity contribution in [3.05, 3.63) is 71.7 Å². The van der Waals surface area contributed by atoms with Crippen LogP contribution in [0, 0.1) is 0 Å². The molecule has 0 saturated heterocycles. The van der Waals surface area contributed by atoms with Crippen LogP contribution in [0.4, 0.5) is 13.2 Å². The summed E-state index contributed by atoms with van der Waals surface area (Å²) in [4.78, 5) is 16.6. The van der Waals surface area contributed by atoms with Gasteiger partial charge in [0, 0.05) is 18.0 Å². The number of fused-ring (bicyclic) bond motifs is 1. The van der Waals surface area contributed by atoms with Gasteiger partial charge in [-0.25, -0.2) is 4.98 Å². The van der Waals surface area contributed by atoms with Crippen LogP contribution in [-0.4, -0.2) is 28.1 Å². The number of aromatic nitrogens is 2. The molecule has 136 valence electrons. The van der Waals surface area contributed by atoms with Crippen molar-refractivity contribution >= 4 is 11.6 Å². The van der Waals surface area contributed by atoms with Crippen molar-refractivity contribution in [2.45, 2.75) is 19.3 Å². The Morgan fingerprint density at radius 1 is 1.15 bits per heavy atom. The molecule has 3 aromatic rings. The molecule has 0 atom stereocenters. The van der Waals surface area contributed by atoms with Crippen molar-refractivity contribution in [3.63, 3.8) is 0 Å². The summed E-state index contributed by atoms with van der Waals surface area (Å²) >= 11 is 0. The van der Waals surface area contributed by atoms with Gasteiger partial charge in [0.05, 0.1) is 18.8 Å². The van der Waals surface area contributed by atoms with Crippen molar-refractivity contribution in [2.24, 2.45) is 0 Å². The lowest BCUT2D eigenvalue weighted by atomic mass is 10.1. The third kappa shape index (κ3) is 4.82. The zero-order chi connectivity index (χ0) is 18.6. The third-order valence-corrected chi connectivity index (χ3v) is 3.59. The Labute approximate surface area is 147 Å². The monoisotopic (exact) mass is 363 g/mol. The number of halogens is 3. The highest BCUT2D eigenvalue weighted by Crippen LogP contribution is 2.16. The number of alkyl halides is 3. The molecule has 0 fully saturated rings. The maximum absolute atomic E-state index is 12.2. The van der Waals surface area contributed by atoms with E-state index >= 15 is 0 Å². The number of rotatable bonds is 6. The topological polar surface area (TPSA) is 55.6 Å². The van der Waals surface area contributed by atoms with E-state index in [1.54, 1.807) is 24.3 Å². The van der Waals surface area contributed by atoms with Gasteiger partial charge in [-0.2, -0.15) is 13.2 Å². The number of nitrogens with one attached hydrogen (secondary N) is 1.